The molecule has 1 aliphatic heterocycles. The van der Waals surface area contributed by atoms with E-state index in [2.05, 4.69) is 22.8 Å². The number of aryl methyl sites for hydroxylation is 1. The number of hydrazone groups is 1. The number of nitrogens with zero attached hydrogens (tertiary/aromatic N) is 5. The van der Waals surface area contributed by atoms with Gasteiger partial charge >= 0.3 is 0 Å². The second-order valence-electron chi connectivity index (χ2n) is 5.48. The number of hydrogen-bond donors (Lipinski definition) is 0. The average molecular weight is 307 g/mol. The zero-order valence-electron chi connectivity index (χ0n) is 12.8. The number of aromatic nitrogens is 2. The van der Waals surface area contributed by atoms with Crippen molar-refractivity contribution in [2.24, 2.45) is 5.10 Å². The fraction of sp³-hybridized carbons (Fsp3) is 0.294. The first-order chi connectivity index (χ1) is 11.2. The van der Waals surface area contributed by atoms with Crippen molar-refractivity contribution in [1.29, 1.82) is 5.26 Å². The molecule has 0 unspecified atom stereocenters. The normalized spacial score (nSPS) is 13.4. The molecule has 23 heavy (non-hydrogen) atoms. The third-order valence-electron chi connectivity index (χ3n) is 3.85. The number of fused-ring (bicyclic) bond motifs is 1. The molecule has 0 fully saturated rings. The van der Waals surface area contributed by atoms with E-state index >= 15 is 0 Å². The minimum absolute atomic E-state index is 0.0947. The molecular formula is C17H17N5O. The molecule has 1 aliphatic rings. The summed E-state index contributed by atoms with van der Waals surface area (Å²) in [6.07, 6.45) is 5.70. The van der Waals surface area contributed by atoms with Gasteiger partial charge in [0.05, 0.1) is 23.3 Å². The number of carbonyl (C=O) groups excluding carboxylic acids is 1. The van der Waals surface area contributed by atoms with E-state index < -0.39 is 0 Å². The third-order valence-corrected chi connectivity index (χ3v) is 3.85. The first-order valence-corrected chi connectivity index (χ1v) is 7.57. The van der Waals surface area contributed by atoms with Crippen molar-refractivity contribution < 1.29 is 4.79 Å². The van der Waals surface area contributed by atoms with E-state index in [0.29, 0.717) is 30.6 Å². The van der Waals surface area contributed by atoms with E-state index in [1.54, 1.807) is 18.5 Å². The molecule has 0 radical (unpaired) electrons. The Morgan fingerprint density at radius 3 is 3.04 bits per heavy atom. The standard InChI is InChI=1S/C17H17N5O/c1-13(17(23)22-9-3-7-19-22)4-2-8-21-16-6-5-14(11-18)10-15(16)12-20-21/h5-7,10,12H,1-4,8-9H2. The van der Waals surface area contributed by atoms with Gasteiger partial charge < -0.3 is 0 Å². The summed E-state index contributed by atoms with van der Waals surface area (Å²) in [5.41, 5.74) is 2.19. The Kier molecular flexibility index (Phi) is 4.20. The number of amides is 1. The van der Waals surface area contributed by atoms with Crippen molar-refractivity contribution in [3.8, 4) is 6.07 Å². The van der Waals surface area contributed by atoms with E-state index in [-0.39, 0.29) is 5.91 Å². The van der Waals surface area contributed by atoms with Crippen LogP contribution in [-0.2, 0) is 11.3 Å². The van der Waals surface area contributed by atoms with Crippen LogP contribution >= 0.6 is 0 Å². The van der Waals surface area contributed by atoms with Gasteiger partial charge in [0.15, 0.2) is 0 Å². The first-order valence-electron chi connectivity index (χ1n) is 7.57. The molecule has 0 N–H and O–H groups in total. The third kappa shape index (κ3) is 3.14. The van der Waals surface area contributed by atoms with Gasteiger partial charge in [-0.1, -0.05) is 6.58 Å². The van der Waals surface area contributed by atoms with Gasteiger partial charge in [0.1, 0.15) is 0 Å². The minimum atomic E-state index is -0.0947. The van der Waals surface area contributed by atoms with Crippen LogP contribution in [0.25, 0.3) is 10.9 Å². The summed E-state index contributed by atoms with van der Waals surface area (Å²) >= 11 is 0. The Morgan fingerprint density at radius 1 is 1.43 bits per heavy atom. The molecule has 1 aromatic heterocycles. The summed E-state index contributed by atoms with van der Waals surface area (Å²) < 4.78 is 1.89. The van der Waals surface area contributed by atoms with Crippen LogP contribution < -0.4 is 0 Å². The van der Waals surface area contributed by atoms with Crippen molar-refractivity contribution in [3.05, 3.63) is 42.1 Å². The Bertz CT molecular complexity index is 827. The van der Waals surface area contributed by atoms with Crippen LogP contribution in [0.3, 0.4) is 0 Å². The maximum atomic E-state index is 12.1. The predicted molar refractivity (Wildman–Crippen MR) is 87.6 cm³/mol. The SMILES string of the molecule is C=C(CCCn1ncc2cc(C#N)ccc21)C(=O)N1CCC=N1. The molecule has 116 valence electrons. The van der Waals surface area contributed by atoms with Gasteiger partial charge in [-0.05, 0) is 31.0 Å². The van der Waals surface area contributed by atoms with Gasteiger partial charge in [-0.2, -0.15) is 15.5 Å². The zero-order chi connectivity index (χ0) is 16.2. The van der Waals surface area contributed by atoms with Gasteiger partial charge in [-0.15, -0.1) is 0 Å². The van der Waals surface area contributed by atoms with Crippen LogP contribution in [0.5, 0.6) is 0 Å². The molecule has 2 aromatic rings. The lowest BCUT2D eigenvalue weighted by Crippen LogP contribution is -2.24. The highest BCUT2D eigenvalue weighted by Crippen LogP contribution is 2.17. The topological polar surface area (TPSA) is 74.3 Å². The molecular weight excluding hydrogens is 290 g/mol. The molecule has 6 heteroatoms. The summed E-state index contributed by atoms with van der Waals surface area (Å²) in [6, 6.07) is 7.64. The molecule has 0 bridgehead atoms. The lowest BCUT2D eigenvalue weighted by atomic mass is 10.1. The Morgan fingerprint density at radius 2 is 2.30 bits per heavy atom. The maximum Gasteiger partial charge on any atom is 0.269 e. The van der Waals surface area contributed by atoms with Gasteiger partial charge in [-0.25, -0.2) is 5.01 Å². The number of rotatable bonds is 5. The van der Waals surface area contributed by atoms with Gasteiger partial charge in [0.2, 0.25) is 0 Å². The summed E-state index contributed by atoms with van der Waals surface area (Å²) in [5, 5.41) is 19.7. The Hall–Kier alpha value is -2.94. The largest absolute Gasteiger partial charge is 0.269 e. The number of carbonyl (C=O) groups is 1. The highest BCUT2D eigenvalue weighted by Gasteiger charge is 2.17. The highest BCUT2D eigenvalue weighted by atomic mass is 16.2. The van der Waals surface area contributed by atoms with Crippen LogP contribution in [0.1, 0.15) is 24.8 Å². The van der Waals surface area contributed by atoms with E-state index in [4.69, 9.17) is 5.26 Å². The van der Waals surface area contributed by atoms with E-state index in [9.17, 15) is 4.79 Å². The molecule has 3 rings (SSSR count). The van der Waals surface area contributed by atoms with Crippen molar-refractivity contribution in [3.63, 3.8) is 0 Å². The summed E-state index contributed by atoms with van der Waals surface area (Å²) in [6.45, 7) is 5.21. The van der Waals surface area contributed by atoms with Crippen molar-refractivity contribution in [2.75, 3.05) is 6.54 Å². The summed E-state index contributed by atoms with van der Waals surface area (Å²) in [4.78, 5) is 12.1. The molecule has 0 saturated heterocycles. The number of benzene rings is 1. The predicted octanol–water partition coefficient (Wildman–Crippen LogP) is 2.46. The molecule has 0 saturated carbocycles. The molecule has 0 spiro atoms. The van der Waals surface area contributed by atoms with Gasteiger partial charge in [0, 0.05) is 36.7 Å². The molecule has 0 aliphatic carbocycles. The average Bonchev–Trinajstić information content (AvgIpc) is 3.23. The highest BCUT2D eigenvalue weighted by molar-refractivity contribution is 5.93. The zero-order valence-corrected chi connectivity index (χ0v) is 12.8. The van der Waals surface area contributed by atoms with E-state index in [1.807, 2.05) is 16.8 Å². The number of nitriles is 1. The fourth-order valence-electron chi connectivity index (χ4n) is 2.61. The van der Waals surface area contributed by atoms with Crippen LogP contribution in [0, 0.1) is 11.3 Å². The molecule has 0 atom stereocenters. The second-order valence-corrected chi connectivity index (χ2v) is 5.48. The Labute approximate surface area is 134 Å². The minimum Gasteiger partial charge on any atom is -0.268 e. The summed E-state index contributed by atoms with van der Waals surface area (Å²) in [5.74, 6) is -0.0947. The molecule has 1 aromatic carbocycles. The maximum absolute atomic E-state index is 12.1. The quantitative estimate of drug-likeness (QED) is 0.796. The smallest absolute Gasteiger partial charge is 0.268 e. The molecule has 1 amide bonds. The summed E-state index contributed by atoms with van der Waals surface area (Å²) in [7, 11) is 0. The van der Waals surface area contributed by atoms with Crippen molar-refractivity contribution in [1.82, 2.24) is 14.8 Å². The van der Waals surface area contributed by atoms with E-state index in [1.165, 1.54) is 5.01 Å². The lowest BCUT2D eigenvalue weighted by Gasteiger charge is -2.13. The lowest BCUT2D eigenvalue weighted by molar-refractivity contribution is -0.126. The fourth-order valence-corrected chi connectivity index (χ4v) is 2.61. The number of hydrogen-bond acceptors (Lipinski definition) is 4. The van der Waals surface area contributed by atoms with Crippen LogP contribution in [-0.4, -0.2) is 33.5 Å². The van der Waals surface area contributed by atoms with E-state index in [0.717, 1.165) is 23.7 Å². The molecule has 6 nitrogen and oxygen atoms in total. The van der Waals surface area contributed by atoms with Crippen LogP contribution in [0.15, 0.2) is 41.6 Å². The first kappa shape index (κ1) is 15.0. The monoisotopic (exact) mass is 307 g/mol. The Balaban J connectivity index is 1.58. The van der Waals surface area contributed by atoms with Crippen molar-refractivity contribution in [2.45, 2.75) is 25.8 Å². The van der Waals surface area contributed by atoms with Gasteiger partial charge in [-0.3, -0.25) is 9.48 Å². The van der Waals surface area contributed by atoms with Crippen LogP contribution in [0.4, 0.5) is 0 Å². The van der Waals surface area contributed by atoms with Crippen LogP contribution in [0.2, 0.25) is 0 Å². The molecule has 2 heterocycles. The van der Waals surface area contributed by atoms with Gasteiger partial charge in [0.25, 0.3) is 5.91 Å². The van der Waals surface area contributed by atoms with Crippen molar-refractivity contribution >= 4 is 23.0 Å². The second kappa shape index (κ2) is 6.44.